The zero-order chi connectivity index (χ0) is 40.0. The predicted molar refractivity (Wildman–Crippen MR) is 162 cm³/mol. The second-order valence-electron chi connectivity index (χ2n) is 7.67. The van der Waals surface area contributed by atoms with E-state index in [2.05, 4.69) is 18.1 Å². The molecular weight excluding hydrogens is 932 g/mol. The summed E-state index contributed by atoms with van der Waals surface area (Å²) in [5.41, 5.74) is -10.6. The third-order valence-electron chi connectivity index (χ3n) is 3.63. The number of rotatable bonds is 16. The van der Waals surface area contributed by atoms with Crippen LogP contribution in [0.3, 0.4) is 0 Å². The van der Waals surface area contributed by atoms with Crippen LogP contribution in [-0.4, -0.2) is 128 Å². The van der Waals surface area contributed by atoms with E-state index in [1.54, 1.807) is 0 Å². The molecule has 0 radical (unpaired) electrons. The summed E-state index contributed by atoms with van der Waals surface area (Å²) in [6.45, 7) is 4.56. The molecule has 304 valence electrons. The van der Waals surface area contributed by atoms with Crippen LogP contribution >= 0.6 is 60.8 Å². The fourth-order valence-corrected chi connectivity index (χ4v) is 10.7. The first kappa shape index (κ1) is 74.5. The van der Waals surface area contributed by atoms with E-state index in [1.165, 1.54) is 27.7 Å². The number of aliphatic hydroxyl groups excluding tert-OH is 4. The fourth-order valence-electron chi connectivity index (χ4n) is 1.77. The van der Waals surface area contributed by atoms with Crippen molar-refractivity contribution in [1.29, 1.82) is 0 Å². The van der Waals surface area contributed by atoms with Gasteiger partial charge >= 0.3 is 179 Å². The Balaban J connectivity index is -0.0000000440. The molecule has 0 aliphatic carbocycles. The summed E-state index contributed by atoms with van der Waals surface area (Å²) in [5, 5.41) is 34.6. The Morgan fingerprint density at radius 1 is 0.346 bits per heavy atom. The maximum atomic E-state index is 10.8. The van der Waals surface area contributed by atoms with Gasteiger partial charge in [0.2, 0.25) is 0 Å². The van der Waals surface area contributed by atoms with Gasteiger partial charge in [-0.1, -0.05) is 0 Å². The molecule has 0 amide bonds. The van der Waals surface area contributed by atoms with Crippen LogP contribution in [0.25, 0.3) is 0 Å². The minimum absolute atomic E-state index is 0. The second-order valence-corrected chi connectivity index (χ2v) is 23.5. The van der Waals surface area contributed by atoms with Gasteiger partial charge in [-0.2, -0.15) is 0 Å². The molecule has 0 fully saturated rings. The van der Waals surface area contributed by atoms with Crippen molar-refractivity contribution in [2.45, 2.75) is 50.0 Å². The van der Waals surface area contributed by atoms with Crippen LogP contribution in [-0.2, 0) is 54.6 Å². The van der Waals surface area contributed by atoms with E-state index in [9.17, 15) is 36.5 Å². The van der Waals surface area contributed by atoms with Gasteiger partial charge in [0.05, 0.1) is 26.4 Å². The molecule has 0 bridgehead atoms. The topological polar surface area (TPSA) is 497 Å². The van der Waals surface area contributed by atoms with E-state index in [1.807, 2.05) is 0 Å². The zero-order valence-corrected chi connectivity index (χ0v) is 43.9. The maximum absolute atomic E-state index is 10.8. The van der Waals surface area contributed by atoms with Gasteiger partial charge in [-0.05, 0) is 27.7 Å². The van der Waals surface area contributed by atoms with E-state index < -0.39 is 83.1 Å². The van der Waals surface area contributed by atoms with Crippen molar-refractivity contribution in [3.8, 4) is 0 Å². The molecule has 0 aromatic heterocycles. The third kappa shape index (κ3) is 33.7. The molecule has 16 N–H and O–H groups in total. The summed E-state index contributed by atoms with van der Waals surface area (Å²) in [6, 6.07) is 0. The molecule has 0 rings (SSSR count). The Labute approximate surface area is 390 Å². The molecule has 8 atom stereocenters. The van der Waals surface area contributed by atoms with E-state index in [-0.39, 0.29) is 150 Å². The van der Waals surface area contributed by atoms with Crippen molar-refractivity contribution >= 4 is 60.8 Å². The number of hydrogen-bond acceptors (Lipinski definition) is 16. The van der Waals surface area contributed by atoms with Gasteiger partial charge in [0, 0.05) is 0 Å². The standard InChI is InChI=1S/4C3H10O7P2.4Na.4H/c4*1-2-10-12(8,9)3(4)11(5,6)7;;;;;;;;/h4*3-4H,2H2,1H3,(H,8,9)(H2,5,6,7);;;;;;;;/q;;;;4*+1;4*-1. The molecule has 0 heterocycles. The van der Waals surface area contributed by atoms with Crippen molar-refractivity contribution in [2.24, 2.45) is 0 Å². The van der Waals surface area contributed by atoms with Gasteiger partial charge in [0.25, 0.3) is 22.3 Å². The summed E-state index contributed by atoms with van der Waals surface area (Å²) >= 11 is 0. The summed E-state index contributed by atoms with van der Waals surface area (Å²) < 4.78 is 100. The largest absolute Gasteiger partial charge is 1.00 e. The Bertz CT molecular complexity index is 1160. The molecule has 0 saturated heterocycles. The molecule has 0 saturated carbocycles. The van der Waals surface area contributed by atoms with Crippen LogP contribution in [0.15, 0.2) is 0 Å². The van der Waals surface area contributed by atoms with Gasteiger partial charge in [-0.3, -0.25) is 36.5 Å². The molecule has 0 aromatic carbocycles. The molecule has 0 spiro atoms. The minimum Gasteiger partial charge on any atom is -1.00 e. The minimum atomic E-state index is -4.99. The monoisotopic (exact) mass is 976 g/mol. The maximum Gasteiger partial charge on any atom is 1.00 e. The molecule has 0 aliphatic heterocycles. The number of aliphatic hydroxyl groups is 4. The van der Waals surface area contributed by atoms with Crippen LogP contribution < -0.4 is 118 Å². The van der Waals surface area contributed by atoms with Crippen molar-refractivity contribution in [1.82, 2.24) is 0 Å². The van der Waals surface area contributed by atoms with Gasteiger partial charge in [-0.15, -0.1) is 0 Å². The molecule has 28 nitrogen and oxygen atoms in total. The average molecular weight is 976 g/mol. The Morgan fingerprint density at radius 2 is 0.442 bits per heavy atom. The summed E-state index contributed by atoms with van der Waals surface area (Å²) in [7, 11) is -38.4. The van der Waals surface area contributed by atoms with Gasteiger partial charge in [-0.25, -0.2) is 0 Å². The van der Waals surface area contributed by atoms with Crippen LogP contribution in [0.4, 0.5) is 0 Å². The van der Waals surface area contributed by atoms with Crippen LogP contribution in [0.1, 0.15) is 33.4 Å². The molecule has 40 heteroatoms. The third-order valence-corrected chi connectivity index (χ3v) is 18.0. The molecule has 0 aliphatic rings. The van der Waals surface area contributed by atoms with Crippen molar-refractivity contribution in [3.63, 3.8) is 0 Å². The van der Waals surface area contributed by atoms with Gasteiger partial charge in [0.15, 0.2) is 0 Å². The SMILES string of the molecule is CCOP(=O)(O)C(O)P(=O)(O)O.CCOP(=O)(O)C(O)P(=O)(O)O.CCOP(=O)(O)C(O)P(=O)(O)O.CCOP(=O)(O)C(O)P(=O)(O)O.[H-].[H-].[H-].[H-].[Na+].[Na+].[Na+].[Na+]. The van der Waals surface area contributed by atoms with E-state index in [0.29, 0.717) is 0 Å². The smallest absolute Gasteiger partial charge is 1.00 e. The average Bonchev–Trinajstić information content (AvgIpc) is 2.85. The van der Waals surface area contributed by atoms with Crippen LogP contribution in [0, 0.1) is 0 Å². The fraction of sp³-hybridized carbons (Fsp3) is 1.00. The van der Waals surface area contributed by atoms with Crippen LogP contribution in [0.2, 0.25) is 0 Å². The van der Waals surface area contributed by atoms with Gasteiger partial charge in [0.1, 0.15) is 0 Å². The summed E-state index contributed by atoms with van der Waals surface area (Å²) in [6.07, 6.45) is 0. The summed E-state index contributed by atoms with van der Waals surface area (Å²) in [5.74, 6) is 0. The quantitative estimate of drug-likeness (QED) is 0.0504. The molecule has 0 aromatic rings. The van der Waals surface area contributed by atoms with E-state index >= 15 is 0 Å². The second kappa shape index (κ2) is 31.8. The first-order valence-electron chi connectivity index (χ1n) is 11.7. The predicted octanol–water partition coefficient (Wildman–Crippen LogP) is -12.9. The van der Waals surface area contributed by atoms with E-state index in [0.717, 1.165) is 0 Å². The normalized spacial score (nSPS) is 18.5. The summed E-state index contributed by atoms with van der Waals surface area (Å²) in [4.78, 5) is 101. The molecule has 52 heavy (non-hydrogen) atoms. The zero-order valence-electron chi connectivity index (χ0n) is 32.8. The van der Waals surface area contributed by atoms with E-state index in [4.69, 9.17) is 79.1 Å². The first-order chi connectivity index (χ1) is 20.9. The van der Waals surface area contributed by atoms with Gasteiger partial charge < -0.3 is 103 Å². The first-order valence-corrected chi connectivity index (χ1v) is 25.0. The van der Waals surface area contributed by atoms with Crippen LogP contribution in [0.5, 0.6) is 0 Å². The Morgan fingerprint density at radius 3 is 0.500 bits per heavy atom. The van der Waals surface area contributed by atoms with Crippen molar-refractivity contribution in [3.05, 3.63) is 0 Å². The Hall–Kier alpha value is 5.04. The van der Waals surface area contributed by atoms with Crippen molar-refractivity contribution < 1.29 is 258 Å². The number of hydrogen-bond donors (Lipinski definition) is 16. The Kier molecular flexibility index (Phi) is 45.6. The van der Waals surface area contributed by atoms with Crippen molar-refractivity contribution in [2.75, 3.05) is 26.4 Å². The molecule has 8 unspecified atom stereocenters. The molecular formula is C12H44Na4O28P8.